The zero-order valence-corrected chi connectivity index (χ0v) is 12.2. The van der Waals surface area contributed by atoms with Gasteiger partial charge in [-0.2, -0.15) is 5.26 Å². The van der Waals surface area contributed by atoms with Gasteiger partial charge in [0.05, 0.1) is 4.90 Å². The Kier molecular flexibility index (Phi) is 3.95. The minimum atomic E-state index is -3.64. The molecule has 110 valence electrons. The number of aliphatic imine (C=N–C) groups is 1. The number of carbonyl (C=O) groups excluding carboxylic acids is 1. The number of fused-ring (bicyclic) bond motifs is 1. The molecular weight excluding hydrogens is 294 g/mol. The third kappa shape index (κ3) is 3.03. The van der Waals surface area contributed by atoms with Crippen LogP contribution in [0.25, 0.3) is 0 Å². The van der Waals surface area contributed by atoms with Crippen molar-refractivity contribution >= 4 is 21.8 Å². The van der Waals surface area contributed by atoms with Crippen molar-refractivity contribution in [3.63, 3.8) is 0 Å². The maximum Gasteiger partial charge on any atom is 0.331 e. The molecule has 0 amide bonds. The van der Waals surface area contributed by atoms with E-state index in [2.05, 4.69) is 9.71 Å². The van der Waals surface area contributed by atoms with E-state index in [-0.39, 0.29) is 10.7 Å². The quantitative estimate of drug-likeness (QED) is 0.821. The largest absolute Gasteiger partial charge is 0.446 e. The minimum Gasteiger partial charge on any atom is -0.446 e. The highest BCUT2D eigenvalue weighted by Crippen LogP contribution is 2.22. The van der Waals surface area contributed by atoms with E-state index in [0.717, 1.165) is 0 Å². The van der Waals surface area contributed by atoms with Crippen molar-refractivity contribution in [3.8, 4) is 6.07 Å². The third-order valence-electron chi connectivity index (χ3n) is 2.80. The van der Waals surface area contributed by atoms with Crippen molar-refractivity contribution in [2.75, 3.05) is 0 Å². The van der Waals surface area contributed by atoms with Crippen LogP contribution in [0.2, 0.25) is 0 Å². The van der Waals surface area contributed by atoms with Gasteiger partial charge in [-0.1, -0.05) is 12.1 Å². The molecule has 0 radical (unpaired) electrons. The number of benzene rings is 1. The monoisotopic (exact) mass is 307 g/mol. The van der Waals surface area contributed by atoms with Gasteiger partial charge >= 0.3 is 5.97 Å². The summed E-state index contributed by atoms with van der Waals surface area (Å²) in [5, 5.41) is 8.59. The molecule has 0 bridgehead atoms. The zero-order valence-electron chi connectivity index (χ0n) is 11.4. The third-order valence-corrected chi connectivity index (χ3v) is 4.20. The molecule has 0 aromatic heterocycles. The number of nitriles is 1. The predicted molar refractivity (Wildman–Crippen MR) is 73.9 cm³/mol. The van der Waals surface area contributed by atoms with Gasteiger partial charge in [-0.25, -0.2) is 13.2 Å². The van der Waals surface area contributed by atoms with Gasteiger partial charge in [0.2, 0.25) is 0 Å². The first kappa shape index (κ1) is 15.0. The van der Waals surface area contributed by atoms with Crippen LogP contribution in [0.1, 0.15) is 19.4 Å². The van der Waals surface area contributed by atoms with E-state index in [4.69, 9.17) is 10.00 Å². The van der Waals surface area contributed by atoms with Gasteiger partial charge in [0, 0.05) is 5.56 Å². The fraction of sp³-hybridized carbons (Fsp3) is 0.308. The Balaban J connectivity index is 2.28. The number of hydrogen-bond acceptors (Lipinski definition) is 6. The van der Waals surface area contributed by atoms with Crippen molar-refractivity contribution in [3.05, 3.63) is 29.8 Å². The van der Waals surface area contributed by atoms with Crippen molar-refractivity contribution < 1.29 is 17.9 Å². The van der Waals surface area contributed by atoms with Crippen LogP contribution in [-0.4, -0.2) is 32.4 Å². The topological polar surface area (TPSA) is 109 Å². The van der Waals surface area contributed by atoms with Crippen LogP contribution in [0.3, 0.4) is 0 Å². The SMILES string of the molecule is C[C@H](N=C1NS(=O)(=O)c2ccccc21)C(=O)O[C@@H](C)C#N. The molecular formula is C13H13N3O4S. The Morgan fingerprint density at radius 3 is 2.71 bits per heavy atom. The van der Waals surface area contributed by atoms with Crippen molar-refractivity contribution in [1.82, 2.24) is 4.72 Å². The van der Waals surface area contributed by atoms with Crippen molar-refractivity contribution in [2.24, 2.45) is 4.99 Å². The molecule has 0 fully saturated rings. The second-order valence-electron chi connectivity index (χ2n) is 4.46. The molecule has 1 aromatic rings. The Morgan fingerprint density at radius 2 is 2.05 bits per heavy atom. The number of carbonyl (C=O) groups is 1. The highest BCUT2D eigenvalue weighted by molar-refractivity contribution is 7.90. The summed E-state index contributed by atoms with van der Waals surface area (Å²) >= 11 is 0. The Morgan fingerprint density at radius 1 is 1.38 bits per heavy atom. The number of ether oxygens (including phenoxy) is 1. The molecule has 0 aliphatic carbocycles. The summed E-state index contributed by atoms with van der Waals surface area (Å²) in [6.45, 7) is 2.90. The average Bonchev–Trinajstić information content (AvgIpc) is 2.70. The summed E-state index contributed by atoms with van der Waals surface area (Å²) in [6, 6.07) is 7.18. The first-order valence-electron chi connectivity index (χ1n) is 6.15. The minimum absolute atomic E-state index is 0.0969. The first-order chi connectivity index (χ1) is 9.85. The van der Waals surface area contributed by atoms with Crippen molar-refractivity contribution in [1.29, 1.82) is 5.26 Å². The van der Waals surface area contributed by atoms with E-state index >= 15 is 0 Å². The molecule has 1 aliphatic rings. The van der Waals surface area contributed by atoms with Gasteiger partial charge in [0.1, 0.15) is 17.9 Å². The van der Waals surface area contributed by atoms with Crippen LogP contribution in [0.5, 0.6) is 0 Å². The molecule has 0 spiro atoms. The molecule has 2 rings (SSSR count). The lowest BCUT2D eigenvalue weighted by atomic mass is 10.2. The summed E-state index contributed by atoms with van der Waals surface area (Å²) in [6.07, 6.45) is -0.882. The predicted octanol–water partition coefficient (Wildman–Crippen LogP) is 0.569. The maximum atomic E-state index is 11.9. The molecule has 1 N–H and O–H groups in total. The lowest BCUT2D eigenvalue weighted by molar-refractivity contribution is -0.146. The number of sulfonamides is 1. The number of rotatable bonds is 3. The van der Waals surface area contributed by atoms with E-state index in [1.54, 1.807) is 24.3 Å². The number of nitrogens with zero attached hydrogens (tertiary/aromatic N) is 2. The van der Waals surface area contributed by atoms with Crippen LogP contribution in [0, 0.1) is 11.3 Å². The van der Waals surface area contributed by atoms with E-state index in [0.29, 0.717) is 5.56 Å². The summed E-state index contributed by atoms with van der Waals surface area (Å²) < 4.78 is 30.9. The molecule has 21 heavy (non-hydrogen) atoms. The molecule has 0 unspecified atom stereocenters. The van der Waals surface area contributed by atoms with Gasteiger partial charge in [-0.15, -0.1) is 0 Å². The van der Waals surface area contributed by atoms with Crippen LogP contribution >= 0.6 is 0 Å². The Labute approximate surface area is 122 Å². The average molecular weight is 307 g/mol. The summed E-state index contributed by atoms with van der Waals surface area (Å²) in [7, 11) is -3.64. The Hall–Kier alpha value is -2.40. The van der Waals surface area contributed by atoms with Gasteiger partial charge in [-0.05, 0) is 26.0 Å². The molecule has 8 heteroatoms. The van der Waals surface area contributed by atoms with Gasteiger partial charge in [0.15, 0.2) is 6.10 Å². The van der Waals surface area contributed by atoms with Crippen LogP contribution in [-0.2, 0) is 19.6 Å². The van der Waals surface area contributed by atoms with Crippen LogP contribution < -0.4 is 4.72 Å². The van der Waals surface area contributed by atoms with Gasteiger partial charge < -0.3 is 4.74 Å². The van der Waals surface area contributed by atoms with E-state index in [1.807, 2.05) is 0 Å². The molecule has 7 nitrogen and oxygen atoms in total. The number of hydrogen-bond donors (Lipinski definition) is 1. The first-order valence-corrected chi connectivity index (χ1v) is 7.63. The molecule has 1 heterocycles. The molecule has 0 saturated carbocycles. The van der Waals surface area contributed by atoms with Crippen LogP contribution in [0.15, 0.2) is 34.2 Å². The standard InChI is InChI=1S/C13H13N3O4S/c1-8(7-14)20-13(17)9(2)15-12-10-5-3-4-6-11(10)21(18,19)16-12/h3-6,8-9H,1-2H3,(H,15,16)/t8-,9-/m0/s1. The van der Waals surface area contributed by atoms with E-state index in [9.17, 15) is 13.2 Å². The normalized spacial score (nSPS) is 20.0. The smallest absolute Gasteiger partial charge is 0.331 e. The number of esters is 1. The summed E-state index contributed by atoms with van der Waals surface area (Å²) in [5.74, 6) is -0.597. The van der Waals surface area contributed by atoms with Gasteiger partial charge in [-0.3, -0.25) is 9.71 Å². The Bertz CT molecular complexity index is 749. The van der Waals surface area contributed by atoms with Crippen LogP contribution in [0.4, 0.5) is 0 Å². The summed E-state index contributed by atoms with van der Waals surface area (Å²) in [4.78, 5) is 15.9. The highest BCUT2D eigenvalue weighted by atomic mass is 32.2. The summed E-state index contributed by atoms with van der Waals surface area (Å²) in [5.41, 5.74) is 0.408. The molecule has 1 aliphatic heterocycles. The highest BCUT2D eigenvalue weighted by Gasteiger charge is 2.31. The second-order valence-corrected chi connectivity index (χ2v) is 6.11. The number of amidine groups is 1. The fourth-order valence-corrected chi connectivity index (χ4v) is 3.01. The lowest BCUT2D eigenvalue weighted by Crippen LogP contribution is -2.28. The maximum absolute atomic E-state index is 11.9. The number of nitrogens with one attached hydrogen (secondary N) is 1. The van der Waals surface area contributed by atoms with E-state index in [1.165, 1.54) is 19.9 Å². The van der Waals surface area contributed by atoms with E-state index < -0.39 is 28.1 Å². The zero-order chi connectivity index (χ0) is 15.6. The lowest BCUT2D eigenvalue weighted by Gasteiger charge is -2.09. The molecule has 1 aromatic carbocycles. The molecule has 2 atom stereocenters. The molecule has 0 saturated heterocycles. The van der Waals surface area contributed by atoms with Gasteiger partial charge in [0.25, 0.3) is 10.0 Å². The van der Waals surface area contributed by atoms with Crippen molar-refractivity contribution in [2.45, 2.75) is 30.9 Å². The fourth-order valence-electron chi connectivity index (χ4n) is 1.78. The second kappa shape index (κ2) is 5.54.